The van der Waals surface area contributed by atoms with Gasteiger partial charge in [-0.3, -0.25) is 13.9 Å². The average molecular weight is 570 g/mol. The molecule has 7 nitrogen and oxygen atoms in total. The number of hydrogen-bond acceptors (Lipinski definition) is 4. The van der Waals surface area contributed by atoms with Crippen LogP contribution in [0.1, 0.15) is 44.4 Å². The molecule has 9 heteroatoms. The van der Waals surface area contributed by atoms with Crippen molar-refractivity contribution < 1.29 is 18.0 Å². The third-order valence-corrected chi connectivity index (χ3v) is 8.19. The van der Waals surface area contributed by atoms with Crippen molar-refractivity contribution in [3.05, 3.63) is 94.5 Å². The van der Waals surface area contributed by atoms with Gasteiger partial charge in [-0.25, -0.2) is 8.42 Å². The van der Waals surface area contributed by atoms with Crippen molar-refractivity contribution in [2.45, 2.75) is 64.6 Å². The molecule has 3 rings (SSSR count). The number of halogens is 1. The van der Waals surface area contributed by atoms with E-state index in [0.29, 0.717) is 16.3 Å². The molecule has 1 atom stereocenters. The number of hydrogen-bond donors (Lipinski definition) is 1. The summed E-state index contributed by atoms with van der Waals surface area (Å²) in [6.07, 6.45) is 0. The van der Waals surface area contributed by atoms with Crippen LogP contribution in [0.2, 0.25) is 5.02 Å². The van der Waals surface area contributed by atoms with Crippen molar-refractivity contribution in [3.63, 3.8) is 0 Å². The second-order valence-corrected chi connectivity index (χ2v) is 13.0. The number of benzene rings is 3. The quantitative estimate of drug-likeness (QED) is 0.369. The summed E-state index contributed by atoms with van der Waals surface area (Å²) in [5, 5.41) is 3.37. The van der Waals surface area contributed by atoms with Gasteiger partial charge in [0.15, 0.2) is 0 Å². The second-order valence-electron chi connectivity index (χ2n) is 10.7. The summed E-state index contributed by atoms with van der Waals surface area (Å²) in [6.45, 7) is 10.5. The first-order chi connectivity index (χ1) is 18.2. The number of aryl methyl sites for hydroxylation is 2. The van der Waals surface area contributed by atoms with Crippen molar-refractivity contribution in [3.8, 4) is 0 Å². The maximum atomic E-state index is 14.0. The van der Waals surface area contributed by atoms with Gasteiger partial charge < -0.3 is 10.2 Å². The van der Waals surface area contributed by atoms with Gasteiger partial charge >= 0.3 is 0 Å². The molecule has 0 saturated heterocycles. The van der Waals surface area contributed by atoms with E-state index in [0.717, 1.165) is 15.4 Å². The van der Waals surface area contributed by atoms with Crippen LogP contribution in [0.5, 0.6) is 0 Å². The molecule has 0 spiro atoms. The maximum Gasteiger partial charge on any atom is 0.264 e. The number of nitrogens with zero attached hydrogens (tertiary/aromatic N) is 2. The Balaban J connectivity index is 2.06. The average Bonchev–Trinajstić information content (AvgIpc) is 2.85. The normalized spacial score (nSPS) is 12.5. The number of amides is 2. The smallest absolute Gasteiger partial charge is 0.264 e. The molecule has 3 aromatic rings. The van der Waals surface area contributed by atoms with E-state index >= 15 is 0 Å². The van der Waals surface area contributed by atoms with E-state index in [1.54, 1.807) is 44.2 Å². The fraction of sp³-hybridized carbons (Fsp3) is 0.333. The molecule has 0 radical (unpaired) electrons. The van der Waals surface area contributed by atoms with Gasteiger partial charge in [-0.05, 0) is 83.0 Å². The van der Waals surface area contributed by atoms with E-state index in [9.17, 15) is 18.0 Å². The Hall–Kier alpha value is -3.36. The van der Waals surface area contributed by atoms with Gasteiger partial charge in [-0.15, -0.1) is 0 Å². The highest BCUT2D eigenvalue weighted by Crippen LogP contribution is 2.29. The molecule has 0 aromatic heterocycles. The van der Waals surface area contributed by atoms with Gasteiger partial charge in [0, 0.05) is 17.1 Å². The van der Waals surface area contributed by atoms with Gasteiger partial charge in [0.1, 0.15) is 12.6 Å². The molecule has 0 bridgehead atoms. The number of rotatable bonds is 9. The van der Waals surface area contributed by atoms with E-state index in [2.05, 4.69) is 5.32 Å². The molecular weight excluding hydrogens is 534 g/mol. The van der Waals surface area contributed by atoms with Crippen LogP contribution < -0.4 is 9.62 Å². The number of carbonyl (C=O) groups is 2. The van der Waals surface area contributed by atoms with Crippen LogP contribution in [-0.2, 0) is 26.2 Å². The van der Waals surface area contributed by atoms with Crippen molar-refractivity contribution >= 4 is 39.1 Å². The zero-order chi connectivity index (χ0) is 29.0. The lowest BCUT2D eigenvalue weighted by Crippen LogP contribution is -2.54. The molecule has 0 fully saturated rings. The number of nitrogens with one attached hydrogen (secondary N) is 1. The molecule has 0 aliphatic carbocycles. The minimum atomic E-state index is -4.14. The molecule has 1 N–H and O–H groups in total. The molecule has 2 amide bonds. The zero-order valence-electron chi connectivity index (χ0n) is 23.2. The minimum Gasteiger partial charge on any atom is -0.350 e. The third kappa shape index (κ3) is 7.83. The van der Waals surface area contributed by atoms with Gasteiger partial charge in [-0.1, -0.05) is 59.6 Å². The molecule has 0 saturated carbocycles. The van der Waals surface area contributed by atoms with Crippen molar-refractivity contribution in [2.24, 2.45) is 0 Å². The fourth-order valence-corrected chi connectivity index (χ4v) is 5.79. The van der Waals surface area contributed by atoms with Crippen LogP contribution >= 0.6 is 11.6 Å². The molecule has 208 valence electrons. The Bertz CT molecular complexity index is 1420. The highest BCUT2D eigenvalue weighted by molar-refractivity contribution is 7.92. The lowest BCUT2D eigenvalue weighted by atomic mass is 10.1. The van der Waals surface area contributed by atoms with Crippen molar-refractivity contribution in [1.29, 1.82) is 0 Å². The molecule has 39 heavy (non-hydrogen) atoms. The number of anilines is 1. The lowest BCUT2D eigenvalue weighted by Gasteiger charge is -2.33. The first-order valence-corrected chi connectivity index (χ1v) is 14.5. The van der Waals surface area contributed by atoms with Crippen LogP contribution in [0, 0.1) is 13.8 Å². The Morgan fingerprint density at radius 3 is 2.13 bits per heavy atom. The Kier molecular flexibility index (Phi) is 9.46. The van der Waals surface area contributed by atoms with Gasteiger partial charge in [0.25, 0.3) is 10.0 Å². The summed E-state index contributed by atoms with van der Waals surface area (Å²) in [7, 11) is -4.14. The fourth-order valence-electron chi connectivity index (χ4n) is 4.09. The summed E-state index contributed by atoms with van der Waals surface area (Å²) in [4.78, 5) is 28.6. The molecule has 0 heterocycles. The largest absolute Gasteiger partial charge is 0.350 e. The molecule has 3 aromatic carbocycles. The van der Waals surface area contributed by atoms with Crippen molar-refractivity contribution in [1.82, 2.24) is 10.2 Å². The Labute approximate surface area is 236 Å². The van der Waals surface area contributed by atoms with Gasteiger partial charge in [0.05, 0.1) is 10.6 Å². The van der Waals surface area contributed by atoms with Crippen LogP contribution in [0.15, 0.2) is 77.7 Å². The highest BCUT2D eigenvalue weighted by atomic mass is 35.5. The third-order valence-electron chi connectivity index (χ3n) is 6.18. The van der Waals surface area contributed by atoms with E-state index in [1.807, 2.05) is 58.0 Å². The predicted molar refractivity (Wildman–Crippen MR) is 156 cm³/mol. The summed E-state index contributed by atoms with van der Waals surface area (Å²) >= 11 is 6.16. The topological polar surface area (TPSA) is 86.8 Å². The number of sulfonamides is 1. The standard InChI is InChI=1S/C30H36ClN3O4S/c1-21-12-15-26(16-13-21)39(37,38)34(27-17-14-25(31)18-22(27)2)20-28(35)33(19-24-10-8-7-9-11-24)23(3)29(36)32-30(4,5)6/h7-18,23H,19-20H2,1-6H3,(H,32,36)/t23-/m0/s1. The van der Waals surface area contributed by atoms with Crippen LogP contribution in [-0.4, -0.2) is 43.3 Å². The predicted octanol–water partition coefficient (Wildman–Crippen LogP) is 5.48. The van der Waals surface area contributed by atoms with E-state index in [1.165, 1.54) is 17.0 Å². The summed E-state index contributed by atoms with van der Waals surface area (Å²) in [5.41, 5.74) is 2.15. The first kappa shape index (κ1) is 30.2. The monoisotopic (exact) mass is 569 g/mol. The van der Waals surface area contributed by atoms with Crippen LogP contribution in [0.4, 0.5) is 5.69 Å². The number of carbonyl (C=O) groups excluding carboxylic acids is 2. The highest BCUT2D eigenvalue weighted by Gasteiger charge is 2.33. The molecule has 0 aliphatic rings. The summed E-state index contributed by atoms with van der Waals surface area (Å²) < 4.78 is 29.0. The summed E-state index contributed by atoms with van der Waals surface area (Å²) in [5.74, 6) is -0.845. The molecule has 0 unspecified atom stereocenters. The van der Waals surface area contributed by atoms with Crippen LogP contribution in [0.25, 0.3) is 0 Å². The zero-order valence-corrected chi connectivity index (χ0v) is 24.8. The van der Waals surface area contributed by atoms with Crippen molar-refractivity contribution in [2.75, 3.05) is 10.8 Å². The minimum absolute atomic E-state index is 0.0587. The Morgan fingerprint density at radius 2 is 1.56 bits per heavy atom. The van der Waals surface area contributed by atoms with Crippen LogP contribution in [0.3, 0.4) is 0 Å². The van der Waals surface area contributed by atoms with E-state index in [-0.39, 0.29) is 17.3 Å². The SMILES string of the molecule is Cc1ccc(S(=O)(=O)N(CC(=O)N(Cc2ccccc2)[C@@H](C)C(=O)NC(C)(C)C)c2ccc(Cl)cc2C)cc1. The lowest BCUT2D eigenvalue weighted by molar-refractivity contribution is -0.140. The van der Waals surface area contributed by atoms with E-state index < -0.39 is 34.1 Å². The Morgan fingerprint density at radius 1 is 0.949 bits per heavy atom. The van der Waals surface area contributed by atoms with Gasteiger partial charge in [0.2, 0.25) is 11.8 Å². The summed E-state index contributed by atoms with van der Waals surface area (Å²) in [6, 6.07) is 19.7. The molecular formula is C30H36ClN3O4S. The maximum absolute atomic E-state index is 14.0. The van der Waals surface area contributed by atoms with E-state index in [4.69, 9.17) is 11.6 Å². The van der Waals surface area contributed by atoms with Gasteiger partial charge in [-0.2, -0.15) is 0 Å². The second kappa shape index (κ2) is 12.2. The molecule has 0 aliphatic heterocycles. The first-order valence-electron chi connectivity index (χ1n) is 12.7.